The van der Waals surface area contributed by atoms with E-state index in [0.29, 0.717) is 33.0 Å². The van der Waals surface area contributed by atoms with Crippen LogP contribution in [-0.2, 0) is 0 Å². The molecule has 7 nitrogen and oxygen atoms in total. The number of methoxy groups -OCH3 is 1. The third-order valence-electron chi connectivity index (χ3n) is 8.41. The van der Waals surface area contributed by atoms with Gasteiger partial charge in [0.15, 0.2) is 0 Å². The average molecular weight is 555 g/mol. The third-order valence-corrected chi connectivity index (χ3v) is 9.17. The van der Waals surface area contributed by atoms with Gasteiger partial charge in [-0.3, -0.25) is 15.1 Å². The normalized spacial score (nSPS) is 22.1. The van der Waals surface area contributed by atoms with Crippen molar-refractivity contribution >= 4 is 22.4 Å². The number of nitrogens with one attached hydrogen (secondary N) is 1. The second-order valence-corrected chi connectivity index (χ2v) is 13.0. The third kappa shape index (κ3) is 5.84. The lowest BCUT2D eigenvalue weighted by molar-refractivity contribution is -0.292. The predicted molar refractivity (Wildman–Crippen MR) is 153 cm³/mol. The Morgan fingerprint density at radius 1 is 1.26 bits per heavy atom. The van der Waals surface area contributed by atoms with Crippen molar-refractivity contribution in [3.8, 4) is 16.9 Å². The van der Waals surface area contributed by atoms with Gasteiger partial charge in [0.2, 0.25) is 5.13 Å². The molecule has 3 saturated carbocycles. The highest BCUT2D eigenvalue weighted by molar-refractivity contribution is 7.15. The highest BCUT2D eigenvalue weighted by Crippen LogP contribution is 2.78. The topological polar surface area (TPSA) is 97.2 Å². The lowest BCUT2D eigenvalue weighted by atomic mass is 9.30. The van der Waals surface area contributed by atoms with Crippen LogP contribution in [0.3, 0.4) is 0 Å². The molecule has 2 heterocycles. The lowest BCUT2D eigenvalue weighted by Gasteiger charge is -2.75. The Balaban J connectivity index is 0.000000212. The van der Waals surface area contributed by atoms with Gasteiger partial charge in [-0.25, -0.2) is 4.39 Å². The number of aryl methyl sites for hydroxylation is 2. The Hall–Kier alpha value is -2.91. The number of hydrogen-bond acceptors (Lipinski definition) is 7. The number of ether oxygens (including phenoxy) is 1. The number of pyridine rings is 1. The molecule has 0 aliphatic heterocycles. The van der Waals surface area contributed by atoms with E-state index < -0.39 is 17.3 Å². The van der Waals surface area contributed by atoms with Gasteiger partial charge < -0.3 is 9.84 Å². The molecule has 2 bridgehead atoms. The van der Waals surface area contributed by atoms with Crippen LogP contribution in [0.2, 0.25) is 0 Å². The van der Waals surface area contributed by atoms with Crippen LogP contribution in [-0.4, -0.2) is 38.9 Å². The summed E-state index contributed by atoms with van der Waals surface area (Å²) >= 11 is 1.25. The van der Waals surface area contributed by atoms with Gasteiger partial charge in [0.1, 0.15) is 16.6 Å². The molecular weight excluding hydrogens is 515 g/mol. The van der Waals surface area contributed by atoms with E-state index in [2.05, 4.69) is 34.3 Å². The van der Waals surface area contributed by atoms with E-state index in [1.165, 1.54) is 62.8 Å². The molecule has 2 N–H and O–H groups in total. The summed E-state index contributed by atoms with van der Waals surface area (Å²) in [5.74, 6) is 0.288. The van der Waals surface area contributed by atoms with Gasteiger partial charge in [0, 0.05) is 22.9 Å². The number of aliphatic hydroxyl groups is 1. The van der Waals surface area contributed by atoms with Crippen LogP contribution in [0.5, 0.6) is 5.75 Å². The van der Waals surface area contributed by atoms with Crippen molar-refractivity contribution in [2.75, 3.05) is 12.4 Å². The quantitative estimate of drug-likeness (QED) is 0.312. The minimum absolute atomic E-state index is 0.217. The van der Waals surface area contributed by atoms with Crippen molar-refractivity contribution in [1.29, 1.82) is 0 Å². The smallest absolute Gasteiger partial charge is 0.259 e. The molecule has 2 aromatic heterocycles. The van der Waals surface area contributed by atoms with Gasteiger partial charge in [-0.05, 0) is 82.9 Å². The van der Waals surface area contributed by atoms with Crippen molar-refractivity contribution in [2.24, 2.45) is 16.7 Å². The maximum atomic E-state index is 14.5. The van der Waals surface area contributed by atoms with Crippen LogP contribution in [0, 0.1) is 36.4 Å². The predicted octanol–water partition coefficient (Wildman–Crippen LogP) is 6.98. The number of rotatable bonds is 8. The number of halogens is 1. The minimum Gasteiger partial charge on any atom is -0.496 e. The number of carbonyl (C=O) groups excluding carboxylic acids is 1. The maximum absolute atomic E-state index is 14.5. The molecule has 3 aliphatic rings. The monoisotopic (exact) mass is 554 g/mol. The molecule has 1 aromatic carbocycles. The molecule has 3 aromatic rings. The molecule has 0 saturated heterocycles. The van der Waals surface area contributed by atoms with E-state index >= 15 is 0 Å². The first-order valence-corrected chi connectivity index (χ1v) is 14.3. The summed E-state index contributed by atoms with van der Waals surface area (Å²) in [7, 11) is 1.45. The molecule has 3 aliphatic carbocycles. The highest BCUT2D eigenvalue weighted by atomic mass is 32.1. The largest absolute Gasteiger partial charge is 0.496 e. The first-order chi connectivity index (χ1) is 18.3. The van der Waals surface area contributed by atoms with Crippen molar-refractivity contribution in [2.45, 2.75) is 79.2 Å². The second-order valence-electron chi connectivity index (χ2n) is 11.9. The molecule has 6 rings (SSSR count). The first-order valence-electron chi connectivity index (χ1n) is 13.5. The number of carbonyl (C=O) groups is 1. The summed E-state index contributed by atoms with van der Waals surface area (Å²) in [5.41, 5.74) is 2.01. The van der Waals surface area contributed by atoms with Gasteiger partial charge in [0.05, 0.1) is 23.8 Å². The van der Waals surface area contributed by atoms with Crippen LogP contribution in [0.4, 0.5) is 9.52 Å². The van der Waals surface area contributed by atoms with E-state index in [0.717, 1.165) is 10.9 Å². The second kappa shape index (κ2) is 10.9. The molecular formula is C30H39FN4O3S. The number of hydrogen-bond donors (Lipinski definition) is 2. The van der Waals surface area contributed by atoms with Crippen LogP contribution in [0.25, 0.3) is 11.1 Å². The van der Waals surface area contributed by atoms with E-state index in [-0.39, 0.29) is 11.1 Å². The SMILES string of the molecule is CCC(C)CC12CC(C(C)(C)O)(C1)C2.COc1cccc(F)c1-c1cc(C)ncc1C(=O)Nc1nnc(C)s1. The Labute approximate surface area is 234 Å². The zero-order valence-electron chi connectivity index (χ0n) is 23.9. The molecule has 1 atom stereocenters. The van der Waals surface area contributed by atoms with Crippen LogP contribution < -0.4 is 10.1 Å². The zero-order chi connectivity index (χ0) is 28.6. The van der Waals surface area contributed by atoms with Crippen molar-refractivity contribution in [1.82, 2.24) is 15.2 Å². The molecule has 9 heteroatoms. The number of aromatic nitrogens is 3. The van der Waals surface area contributed by atoms with Gasteiger partial charge >= 0.3 is 0 Å². The van der Waals surface area contributed by atoms with Crippen molar-refractivity contribution in [3.05, 3.63) is 52.5 Å². The maximum Gasteiger partial charge on any atom is 0.259 e. The van der Waals surface area contributed by atoms with Gasteiger partial charge in [-0.15, -0.1) is 10.2 Å². The minimum atomic E-state index is -0.481. The standard InChI is InChI=1S/C17H15FN4O2S.C13H24O/c1-9-7-11(15-13(18)5-4-6-14(15)24-3)12(8-19-9)16(23)20-17-22-21-10(2)25-17;1-5-10(2)6-12-7-13(8-12,9-12)11(3,4)14/h4-8H,1-3H3,(H,20,22,23);10,14H,5-9H2,1-4H3. The number of nitrogens with zero attached hydrogens (tertiary/aromatic N) is 3. The van der Waals surface area contributed by atoms with E-state index in [1.54, 1.807) is 32.0 Å². The summed E-state index contributed by atoms with van der Waals surface area (Å²) in [5, 5.41) is 21.5. The Morgan fingerprint density at radius 2 is 1.95 bits per heavy atom. The summed E-state index contributed by atoms with van der Waals surface area (Å²) in [4.78, 5) is 16.8. The lowest BCUT2D eigenvalue weighted by Crippen LogP contribution is -2.70. The number of benzene rings is 1. The Bertz CT molecular complexity index is 1330. The molecule has 0 radical (unpaired) electrons. The van der Waals surface area contributed by atoms with Crippen molar-refractivity contribution < 1.29 is 19.0 Å². The molecule has 3 fully saturated rings. The summed E-state index contributed by atoms with van der Waals surface area (Å²) in [6.07, 6.45) is 7.97. The molecule has 1 unspecified atom stereocenters. The van der Waals surface area contributed by atoms with Gasteiger partial charge in [0.25, 0.3) is 5.91 Å². The summed E-state index contributed by atoms with van der Waals surface area (Å²) < 4.78 is 19.7. The molecule has 1 amide bonds. The fourth-order valence-electron chi connectivity index (χ4n) is 6.14. The van der Waals surface area contributed by atoms with Crippen LogP contribution >= 0.6 is 11.3 Å². The fraction of sp³-hybridized carbons (Fsp3) is 0.533. The summed E-state index contributed by atoms with van der Waals surface area (Å²) in [6.45, 7) is 12.2. The van der Waals surface area contributed by atoms with Gasteiger partial charge in [-0.2, -0.15) is 0 Å². The Kier molecular flexibility index (Phi) is 8.15. The molecule has 0 spiro atoms. The first kappa shape index (κ1) is 29.1. The van der Waals surface area contributed by atoms with E-state index in [9.17, 15) is 14.3 Å². The number of anilines is 1. The Morgan fingerprint density at radius 3 is 2.51 bits per heavy atom. The van der Waals surface area contributed by atoms with Crippen LogP contribution in [0.15, 0.2) is 30.5 Å². The van der Waals surface area contributed by atoms with E-state index in [1.807, 2.05) is 13.8 Å². The fourth-order valence-corrected chi connectivity index (χ4v) is 6.73. The van der Waals surface area contributed by atoms with Crippen LogP contribution in [0.1, 0.15) is 80.9 Å². The molecule has 39 heavy (non-hydrogen) atoms. The average Bonchev–Trinajstić information content (AvgIpc) is 3.23. The summed E-state index contributed by atoms with van der Waals surface area (Å²) in [6, 6.07) is 6.17. The molecule has 210 valence electrons. The van der Waals surface area contributed by atoms with E-state index in [4.69, 9.17) is 4.74 Å². The number of amides is 1. The zero-order valence-corrected chi connectivity index (χ0v) is 24.7. The highest BCUT2D eigenvalue weighted by Gasteiger charge is 2.72. The van der Waals surface area contributed by atoms with Gasteiger partial charge in [-0.1, -0.05) is 37.7 Å². The van der Waals surface area contributed by atoms with Crippen molar-refractivity contribution in [3.63, 3.8) is 0 Å².